The van der Waals surface area contributed by atoms with Crippen molar-refractivity contribution in [3.63, 3.8) is 0 Å². The molecular weight excluding hydrogens is 288 g/mol. The lowest BCUT2D eigenvalue weighted by molar-refractivity contribution is 0.451. The Morgan fingerprint density at radius 1 is 1.29 bits per heavy atom. The maximum absolute atomic E-state index is 9.39. The molecule has 0 fully saturated rings. The van der Waals surface area contributed by atoms with Crippen LogP contribution in [-0.4, -0.2) is 10.2 Å². The van der Waals surface area contributed by atoms with Gasteiger partial charge in [0.1, 0.15) is 17.4 Å². The van der Waals surface area contributed by atoms with Crippen molar-refractivity contribution in [1.82, 2.24) is 10.2 Å². The highest BCUT2D eigenvalue weighted by atomic mass is 35.5. The summed E-state index contributed by atoms with van der Waals surface area (Å²) in [6.45, 7) is 3.94. The van der Waals surface area contributed by atoms with E-state index in [1.54, 1.807) is 18.2 Å². The summed E-state index contributed by atoms with van der Waals surface area (Å²) in [5, 5.41) is 17.9. The number of nitrogens with zero attached hydrogens (tertiary/aromatic N) is 3. The Morgan fingerprint density at radius 3 is 2.62 bits per heavy atom. The summed E-state index contributed by atoms with van der Waals surface area (Å²) in [4.78, 5) is 0. The van der Waals surface area contributed by atoms with Crippen molar-refractivity contribution in [3.05, 3.63) is 40.0 Å². The van der Waals surface area contributed by atoms with E-state index in [2.05, 4.69) is 16.3 Å². The van der Waals surface area contributed by atoms with Gasteiger partial charge in [-0.25, -0.2) is 0 Å². The highest BCUT2D eigenvalue weighted by Gasteiger charge is 2.17. The minimum Gasteiger partial charge on any atom is -0.435 e. The van der Waals surface area contributed by atoms with Gasteiger partial charge in [0.25, 0.3) is 5.88 Å². The molecule has 0 aliphatic rings. The van der Waals surface area contributed by atoms with Gasteiger partial charge < -0.3 is 10.5 Å². The Bertz CT molecular complexity index is 710. The molecule has 1 heterocycles. The Hall–Kier alpha value is -2.32. The molecule has 0 unspecified atom stereocenters. The summed E-state index contributed by atoms with van der Waals surface area (Å²) in [6.07, 6.45) is 1.40. The van der Waals surface area contributed by atoms with E-state index >= 15 is 0 Å². The highest BCUT2D eigenvalue weighted by molar-refractivity contribution is 6.32. The van der Waals surface area contributed by atoms with Gasteiger partial charge in [-0.2, -0.15) is 10.4 Å². The van der Waals surface area contributed by atoms with Crippen molar-refractivity contribution in [2.75, 3.05) is 5.73 Å². The van der Waals surface area contributed by atoms with E-state index in [-0.39, 0.29) is 5.88 Å². The fourth-order valence-corrected chi connectivity index (χ4v) is 2.27. The van der Waals surface area contributed by atoms with Crippen LogP contribution in [0.15, 0.2) is 18.2 Å². The average Bonchev–Trinajstić information content (AvgIpc) is 2.49. The van der Waals surface area contributed by atoms with Crippen LogP contribution in [0.2, 0.25) is 5.02 Å². The van der Waals surface area contributed by atoms with Crippen molar-refractivity contribution in [2.45, 2.75) is 26.7 Å². The number of ether oxygens (including phenoxy) is 1. The molecule has 5 nitrogen and oxygen atoms in total. The lowest BCUT2D eigenvalue weighted by atomic mass is 10.0. The lowest BCUT2D eigenvalue weighted by Crippen LogP contribution is -2.05. The second kappa shape index (κ2) is 6.42. The molecular formula is C15H15ClN4O. The molecule has 6 heteroatoms. The maximum Gasteiger partial charge on any atom is 0.257 e. The molecule has 1 aromatic heterocycles. The van der Waals surface area contributed by atoms with Crippen molar-refractivity contribution in [2.24, 2.45) is 0 Å². The molecule has 2 aromatic rings. The van der Waals surface area contributed by atoms with Gasteiger partial charge in [0, 0.05) is 5.69 Å². The second-order valence-corrected chi connectivity index (χ2v) is 4.82. The monoisotopic (exact) mass is 302 g/mol. The summed E-state index contributed by atoms with van der Waals surface area (Å²) in [7, 11) is 0. The summed E-state index contributed by atoms with van der Waals surface area (Å²) < 4.78 is 5.64. The van der Waals surface area contributed by atoms with Crippen LogP contribution in [0.25, 0.3) is 0 Å². The van der Waals surface area contributed by atoms with Gasteiger partial charge in [-0.15, -0.1) is 5.10 Å². The molecule has 0 radical (unpaired) electrons. The van der Waals surface area contributed by atoms with Gasteiger partial charge in [-0.1, -0.05) is 25.4 Å². The van der Waals surface area contributed by atoms with Crippen LogP contribution in [0.4, 0.5) is 5.69 Å². The summed E-state index contributed by atoms with van der Waals surface area (Å²) in [5.74, 6) is 0.557. The zero-order valence-corrected chi connectivity index (χ0v) is 12.6. The van der Waals surface area contributed by atoms with Crippen LogP contribution in [0.1, 0.15) is 30.7 Å². The number of nitriles is 1. The van der Waals surface area contributed by atoms with Gasteiger partial charge in [0.15, 0.2) is 0 Å². The third-order valence-electron chi connectivity index (χ3n) is 3.09. The Kier molecular flexibility index (Phi) is 4.61. The topological polar surface area (TPSA) is 84.8 Å². The first-order chi connectivity index (χ1) is 10.1. The maximum atomic E-state index is 9.39. The average molecular weight is 303 g/mol. The zero-order valence-electron chi connectivity index (χ0n) is 11.9. The highest BCUT2D eigenvalue weighted by Crippen LogP contribution is 2.32. The van der Waals surface area contributed by atoms with Gasteiger partial charge in [0.05, 0.1) is 10.7 Å². The minimum absolute atomic E-state index is 0.165. The molecule has 108 valence electrons. The van der Waals surface area contributed by atoms with E-state index in [9.17, 15) is 5.26 Å². The molecule has 2 rings (SSSR count). The number of halogens is 1. The first-order valence-electron chi connectivity index (χ1n) is 6.62. The van der Waals surface area contributed by atoms with E-state index in [0.29, 0.717) is 34.9 Å². The molecule has 0 saturated heterocycles. The first-order valence-corrected chi connectivity index (χ1v) is 6.99. The molecule has 0 spiro atoms. The molecule has 0 aliphatic carbocycles. The molecule has 2 N–H and O–H groups in total. The smallest absolute Gasteiger partial charge is 0.257 e. The number of nitrogen functional groups attached to an aromatic ring is 1. The second-order valence-electron chi connectivity index (χ2n) is 4.42. The predicted octanol–water partition coefficient (Wildman–Crippen LogP) is 3.50. The van der Waals surface area contributed by atoms with Crippen LogP contribution in [0.5, 0.6) is 11.6 Å². The molecule has 21 heavy (non-hydrogen) atoms. The predicted molar refractivity (Wildman–Crippen MR) is 81.4 cm³/mol. The van der Waals surface area contributed by atoms with E-state index in [4.69, 9.17) is 22.1 Å². The van der Waals surface area contributed by atoms with E-state index < -0.39 is 0 Å². The Labute approximate surface area is 128 Å². The number of hydrogen-bond donors (Lipinski definition) is 1. The normalized spacial score (nSPS) is 10.2. The summed E-state index contributed by atoms with van der Waals surface area (Å²) >= 11 is 6.07. The van der Waals surface area contributed by atoms with E-state index in [1.807, 2.05) is 13.8 Å². The summed E-state index contributed by atoms with van der Waals surface area (Å²) in [6, 6.07) is 7.03. The van der Waals surface area contributed by atoms with Gasteiger partial charge in [0.2, 0.25) is 0 Å². The van der Waals surface area contributed by atoms with Crippen LogP contribution in [-0.2, 0) is 12.8 Å². The SMILES string of the molecule is CCc1nnc(Oc2ccc(N)cc2Cl)c(C#N)c1CC. The fraction of sp³-hybridized carbons (Fsp3) is 0.267. The molecule has 0 bridgehead atoms. The van der Waals surface area contributed by atoms with Crippen molar-refractivity contribution in [1.29, 1.82) is 5.26 Å². The summed E-state index contributed by atoms with van der Waals surface area (Å²) in [5.41, 5.74) is 8.24. The molecule has 1 aromatic carbocycles. The van der Waals surface area contributed by atoms with Crippen molar-refractivity contribution >= 4 is 17.3 Å². The third-order valence-corrected chi connectivity index (χ3v) is 3.38. The Balaban J connectivity index is 2.47. The van der Waals surface area contributed by atoms with Gasteiger partial charge >= 0.3 is 0 Å². The lowest BCUT2D eigenvalue weighted by Gasteiger charge is -2.12. The van der Waals surface area contributed by atoms with E-state index in [1.165, 1.54) is 0 Å². The fourth-order valence-electron chi connectivity index (χ4n) is 2.05. The molecule has 0 atom stereocenters. The van der Waals surface area contributed by atoms with Crippen molar-refractivity contribution in [3.8, 4) is 17.7 Å². The number of aryl methyl sites for hydroxylation is 1. The van der Waals surface area contributed by atoms with Crippen LogP contribution >= 0.6 is 11.6 Å². The number of anilines is 1. The zero-order chi connectivity index (χ0) is 15.4. The van der Waals surface area contributed by atoms with Gasteiger partial charge in [-0.3, -0.25) is 0 Å². The Morgan fingerprint density at radius 2 is 2.05 bits per heavy atom. The third kappa shape index (κ3) is 3.06. The van der Waals surface area contributed by atoms with Gasteiger partial charge in [-0.05, 0) is 36.6 Å². The van der Waals surface area contributed by atoms with Crippen LogP contribution in [0.3, 0.4) is 0 Å². The van der Waals surface area contributed by atoms with E-state index in [0.717, 1.165) is 11.3 Å². The standard InChI is InChI=1S/C15H15ClN4O/c1-3-10-11(8-17)15(20-19-13(10)4-2)21-14-6-5-9(18)7-12(14)16/h5-7H,3-4,18H2,1-2H3. The van der Waals surface area contributed by atoms with Crippen LogP contribution in [0, 0.1) is 11.3 Å². The molecule has 0 aliphatic heterocycles. The van der Waals surface area contributed by atoms with Crippen LogP contribution < -0.4 is 10.5 Å². The molecule has 0 amide bonds. The quantitative estimate of drug-likeness (QED) is 0.874. The first kappa shape index (κ1) is 15.1. The number of benzene rings is 1. The number of rotatable bonds is 4. The molecule has 0 saturated carbocycles. The minimum atomic E-state index is 0.165. The number of aromatic nitrogens is 2. The largest absolute Gasteiger partial charge is 0.435 e. The number of nitrogens with two attached hydrogens (primary N) is 1. The number of hydrogen-bond acceptors (Lipinski definition) is 5. The van der Waals surface area contributed by atoms with Crippen molar-refractivity contribution < 1.29 is 4.74 Å².